The van der Waals surface area contributed by atoms with Crippen LogP contribution in [0.15, 0.2) is 24.3 Å². The van der Waals surface area contributed by atoms with Crippen molar-refractivity contribution < 1.29 is 0 Å². The van der Waals surface area contributed by atoms with Gasteiger partial charge in [-0.15, -0.1) is 0 Å². The minimum absolute atomic E-state index is 0.656. The summed E-state index contributed by atoms with van der Waals surface area (Å²) in [7, 11) is 2.10. The molecule has 1 aromatic heterocycles. The van der Waals surface area contributed by atoms with E-state index in [1.54, 1.807) is 0 Å². The second-order valence-electron chi connectivity index (χ2n) is 4.87. The van der Waals surface area contributed by atoms with Crippen molar-refractivity contribution in [2.75, 3.05) is 11.5 Å². The van der Waals surface area contributed by atoms with E-state index in [0.29, 0.717) is 6.04 Å². The largest absolute Gasteiger partial charge is 0.330 e. The molecule has 96 valence electrons. The van der Waals surface area contributed by atoms with Crippen molar-refractivity contribution in [3.05, 3.63) is 30.1 Å². The van der Waals surface area contributed by atoms with Crippen LogP contribution in [-0.4, -0.2) is 27.1 Å². The number of hydrogen-bond donors (Lipinski definition) is 1. The van der Waals surface area contributed by atoms with E-state index in [-0.39, 0.29) is 0 Å². The average molecular weight is 261 g/mol. The molecule has 1 N–H and O–H groups in total. The lowest BCUT2D eigenvalue weighted by Crippen LogP contribution is -2.33. The summed E-state index contributed by atoms with van der Waals surface area (Å²) >= 11 is 2.06. The Bertz CT molecular complexity index is 529. The fraction of sp³-hybridized carbons (Fsp3) is 0.500. The lowest BCUT2D eigenvalue weighted by atomic mass is 10.2. The number of imidazole rings is 1. The molecule has 1 fully saturated rings. The minimum Gasteiger partial charge on any atom is -0.330 e. The van der Waals surface area contributed by atoms with Crippen LogP contribution in [-0.2, 0) is 13.6 Å². The van der Waals surface area contributed by atoms with Gasteiger partial charge in [-0.1, -0.05) is 12.1 Å². The van der Waals surface area contributed by atoms with Gasteiger partial charge in [0.25, 0.3) is 0 Å². The van der Waals surface area contributed by atoms with E-state index in [9.17, 15) is 0 Å². The summed E-state index contributed by atoms with van der Waals surface area (Å²) in [6.45, 7) is 0.871. The maximum absolute atomic E-state index is 4.69. The molecule has 0 bridgehead atoms. The molecule has 1 aliphatic heterocycles. The highest BCUT2D eigenvalue weighted by Crippen LogP contribution is 2.18. The molecule has 2 heterocycles. The number of benzene rings is 1. The van der Waals surface area contributed by atoms with Gasteiger partial charge in [0.1, 0.15) is 5.82 Å². The van der Waals surface area contributed by atoms with Gasteiger partial charge >= 0.3 is 0 Å². The molecule has 1 aromatic carbocycles. The Morgan fingerprint density at radius 2 is 2.33 bits per heavy atom. The summed E-state index contributed by atoms with van der Waals surface area (Å²) in [6, 6.07) is 8.98. The first-order valence-electron chi connectivity index (χ1n) is 6.56. The van der Waals surface area contributed by atoms with Crippen LogP contribution in [0.5, 0.6) is 0 Å². The van der Waals surface area contributed by atoms with Crippen LogP contribution in [0.25, 0.3) is 11.0 Å². The van der Waals surface area contributed by atoms with Crippen molar-refractivity contribution in [2.24, 2.45) is 7.05 Å². The highest BCUT2D eigenvalue weighted by atomic mass is 32.2. The van der Waals surface area contributed by atoms with Crippen LogP contribution in [0.3, 0.4) is 0 Å². The maximum Gasteiger partial charge on any atom is 0.123 e. The Morgan fingerprint density at radius 1 is 1.44 bits per heavy atom. The van der Waals surface area contributed by atoms with Gasteiger partial charge in [-0.2, -0.15) is 11.8 Å². The predicted molar refractivity (Wildman–Crippen MR) is 77.9 cm³/mol. The molecule has 3 nitrogen and oxygen atoms in total. The maximum atomic E-state index is 4.69. The Morgan fingerprint density at radius 3 is 3.11 bits per heavy atom. The van der Waals surface area contributed by atoms with Gasteiger partial charge in [-0.3, -0.25) is 0 Å². The third kappa shape index (κ3) is 2.40. The third-order valence-electron chi connectivity index (χ3n) is 3.59. The molecular weight excluding hydrogens is 242 g/mol. The molecule has 0 saturated carbocycles. The normalized spacial score (nSPS) is 20.4. The zero-order valence-electron chi connectivity index (χ0n) is 10.7. The van der Waals surface area contributed by atoms with Gasteiger partial charge in [-0.05, 0) is 30.7 Å². The summed E-state index contributed by atoms with van der Waals surface area (Å²) in [5.41, 5.74) is 2.31. The molecule has 0 radical (unpaired) electrons. The van der Waals surface area contributed by atoms with Crippen LogP contribution >= 0.6 is 11.8 Å². The van der Waals surface area contributed by atoms with Crippen molar-refractivity contribution in [3.63, 3.8) is 0 Å². The van der Waals surface area contributed by atoms with E-state index in [2.05, 4.69) is 46.9 Å². The number of thioether (sulfide) groups is 1. The summed E-state index contributed by atoms with van der Waals surface area (Å²) in [5, 5.41) is 3.64. The van der Waals surface area contributed by atoms with Crippen molar-refractivity contribution in [2.45, 2.75) is 25.4 Å². The SMILES string of the molecule is Cn1c(CNC2CCCSC2)nc2ccccc21. The molecular formula is C14H19N3S. The van der Waals surface area contributed by atoms with Gasteiger partial charge in [0, 0.05) is 18.8 Å². The molecule has 1 atom stereocenters. The summed E-state index contributed by atoms with van der Waals surface area (Å²) in [6.07, 6.45) is 2.64. The van der Waals surface area contributed by atoms with E-state index >= 15 is 0 Å². The fourth-order valence-electron chi connectivity index (χ4n) is 2.49. The lowest BCUT2D eigenvalue weighted by Gasteiger charge is -2.22. The number of aryl methyl sites for hydroxylation is 1. The average Bonchev–Trinajstić information content (AvgIpc) is 2.75. The summed E-state index contributed by atoms with van der Waals surface area (Å²) in [5.74, 6) is 3.70. The Kier molecular flexibility index (Phi) is 3.57. The van der Waals surface area contributed by atoms with Gasteiger partial charge in [0.05, 0.1) is 17.6 Å². The van der Waals surface area contributed by atoms with Crippen molar-refractivity contribution in [3.8, 4) is 0 Å². The Hall–Kier alpha value is -1.00. The number of hydrogen-bond acceptors (Lipinski definition) is 3. The first kappa shape index (κ1) is 12.1. The second kappa shape index (κ2) is 5.33. The molecule has 2 aromatic rings. The van der Waals surface area contributed by atoms with Crippen LogP contribution in [0.4, 0.5) is 0 Å². The summed E-state index contributed by atoms with van der Waals surface area (Å²) in [4.78, 5) is 4.69. The molecule has 0 aliphatic carbocycles. The topological polar surface area (TPSA) is 29.9 Å². The molecule has 1 unspecified atom stereocenters. The fourth-order valence-corrected chi connectivity index (χ4v) is 3.60. The molecule has 0 amide bonds. The quantitative estimate of drug-likeness (QED) is 0.921. The van der Waals surface area contributed by atoms with Crippen molar-refractivity contribution >= 4 is 22.8 Å². The van der Waals surface area contributed by atoms with Crippen molar-refractivity contribution in [1.82, 2.24) is 14.9 Å². The zero-order valence-corrected chi connectivity index (χ0v) is 11.5. The number of nitrogens with one attached hydrogen (secondary N) is 1. The van der Waals surface area contributed by atoms with Crippen LogP contribution in [0.2, 0.25) is 0 Å². The highest BCUT2D eigenvalue weighted by molar-refractivity contribution is 7.99. The minimum atomic E-state index is 0.656. The molecule has 4 heteroatoms. The lowest BCUT2D eigenvalue weighted by molar-refractivity contribution is 0.494. The van der Waals surface area contributed by atoms with Gasteiger partial charge < -0.3 is 9.88 Å². The molecule has 0 spiro atoms. The summed E-state index contributed by atoms with van der Waals surface area (Å²) < 4.78 is 2.19. The van der Waals surface area contributed by atoms with E-state index in [1.807, 2.05) is 6.07 Å². The van der Waals surface area contributed by atoms with E-state index < -0.39 is 0 Å². The van der Waals surface area contributed by atoms with Crippen molar-refractivity contribution in [1.29, 1.82) is 0 Å². The van der Waals surface area contributed by atoms with E-state index in [1.165, 1.54) is 29.9 Å². The standard InChI is InChI=1S/C14H19N3S/c1-17-13-7-3-2-6-12(13)16-14(17)9-15-11-5-4-8-18-10-11/h2-3,6-7,11,15H,4-5,8-10H2,1H3. The van der Waals surface area contributed by atoms with E-state index in [4.69, 9.17) is 4.98 Å². The molecule has 1 aliphatic rings. The molecule has 1 saturated heterocycles. The highest BCUT2D eigenvalue weighted by Gasteiger charge is 2.14. The zero-order chi connectivity index (χ0) is 12.4. The number of aromatic nitrogens is 2. The monoisotopic (exact) mass is 261 g/mol. The van der Waals surface area contributed by atoms with E-state index in [0.717, 1.165) is 17.9 Å². The van der Waals surface area contributed by atoms with Crippen LogP contribution < -0.4 is 5.32 Å². The van der Waals surface area contributed by atoms with Gasteiger partial charge in [0.2, 0.25) is 0 Å². The van der Waals surface area contributed by atoms with Gasteiger partial charge in [-0.25, -0.2) is 4.98 Å². The van der Waals surface area contributed by atoms with Gasteiger partial charge in [0.15, 0.2) is 0 Å². The predicted octanol–water partition coefficient (Wildman–Crippen LogP) is 2.56. The first-order chi connectivity index (χ1) is 8.84. The second-order valence-corrected chi connectivity index (χ2v) is 6.02. The van der Waals surface area contributed by atoms with Crippen LogP contribution in [0.1, 0.15) is 18.7 Å². The number of fused-ring (bicyclic) bond motifs is 1. The molecule has 3 rings (SSSR count). The smallest absolute Gasteiger partial charge is 0.123 e. The number of rotatable bonds is 3. The first-order valence-corrected chi connectivity index (χ1v) is 7.71. The Labute approximate surface area is 112 Å². The van der Waals surface area contributed by atoms with Crippen LogP contribution in [0, 0.1) is 0 Å². The number of nitrogens with zero attached hydrogens (tertiary/aromatic N) is 2. The number of para-hydroxylation sites is 2. The third-order valence-corrected chi connectivity index (χ3v) is 4.80. The molecule has 18 heavy (non-hydrogen) atoms. The Balaban J connectivity index is 1.72.